The molecule has 0 amide bonds. The molecule has 2 aromatic carbocycles. The van der Waals surface area contributed by atoms with Crippen LogP contribution in [-0.4, -0.2) is 11.1 Å². The number of carboxylic acid groups (broad SMARTS) is 1. The van der Waals surface area contributed by atoms with Crippen molar-refractivity contribution in [3.8, 4) is 0 Å². The van der Waals surface area contributed by atoms with E-state index in [4.69, 9.17) is 5.11 Å². The number of rotatable bonds is 3. The van der Waals surface area contributed by atoms with Gasteiger partial charge in [-0.3, -0.25) is 4.79 Å². The van der Waals surface area contributed by atoms with Crippen LogP contribution in [0.25, 0.3) is 16.8 Å². The molecule has 86 valence electrons. The van der Waals surface area contributed by atoms with Crippen LogP contribution in [0.4, 0.5) is 0 Å². The molecule has 2 nitrogen and oxygen atoms in total. The fourth-order valence-electron chi connectivity index (χ4n) is 1.91. The average Bonchev–Trinajstić information content (AvgIpc) is 2.32. The van der Waals surface area contributed by atoms with Gasteiger partial charge in [-0.2, -0.15) is 0 Å². The molecule has 0 unspecified atom stereocenters. The minimum absolute atomic E-state index is 0.0577. The van der Waals surface area contributed by atoms with Crippen molar-refractivity contribution in [3.05, 3.63) is 53.6 Å². The van der Waals surface area contributed by atoms with Crippen molar-refractivity contribution in [1.29, 1.82) is 0 Å². The van der Waals surface area contributed by atoms with Crippen molar-refractivity contribution >= 4 is 22.8 Å². The van der Waals surface area contributed by atoms with E-state index in [9.17, 15) is 4.79 Å². The predicted octanol–water partition coefficient (Wildman–Crippen LogP) is 3.64. The van der Waals surface area contributed by atoms with E-state index in [1.54, 1.807) is 6.08 Å². The molecule has 0 aromatic heterocycles. The Morgan fingerprint density at radius 3 is 2.59 bits per heavy atom. The fourth-order valence-corrected chi connectivity index (χ4v) is 1.91. The molecule has 0 aliphatic carbocycles. The zero-order valence-corrected chi connectivity index (χ0v) is 9.68. The minimum Gasteiger partial charge on any atom is -0.481 e. The van der Waals surface area contributed by atoms with Gasteiger partial charge in [0, 0.05) is 0 Å². The Morgan fingerprint density at radius 1 is 1.18 bits per heavy atom. The van der Waals surface area contributed by atoms with E-state index >= 15 is 0 Å². The van der Waals surface area contributed by atoms with E-state index in [1.807, 2.05) is 24.3 Å². The zero-order valence-electron chi connectivity index (χ0n) is 9.68. The lowest BCUT2D eigenvalue weighted by molar-refractivity contribution is -0.135. The highest BCUT2D eigenvalue weighted by molar-refractivity contribution is 5.93. The monoisotopic (exact) mass is 226 g/mol. The summed E-state index contributed by atoms with van der Waals surface area (Å²) in [7, 11) is 0. The number of hydrogen-bond donors (Lipinski definition) is 1. The maximum Gasteiger partial charge on any atom is 0.307 e. The van der Waals surface area contributed by atoms with Crippen LogP contribution in [-0.2, 0) is 4.79 Å². The van der Waals surface area contributed by atoms with Crippen LogP contribution in [0.1, 0.15) is 17.5 Å². The molecule has 0 saturated carbocycles. The first-order chi connectivity index (χ1) is 8.18. The summed E-state index contributed by atoms with van der Waals surface area (Å²) in [4.78, 5) is 10.5. The summed E-state index contributed by atoms with van der Waals surface area (Å²) < 4.78 is 0. The number of benzene rings is 2. The van der Waals surface area contributed by atoms with E-state index in [1.165, 1.54) is 10.9 Å². The highest BCUT2D eigenvalue weighted by Gasteiger charge is 2.00. The first-order valence-electron chi connectivity index (χ1n) is 5.55. The summed E-state index contributed by atoms with van der Waals surface area (Å²) in [6, 6.07) is 12.2. The van der Waals surface area contributed by atoms with Crippen molar-refractivity contribution in [1.82, 2.24) is 0 Å². The second-order valence-electron chi connectivity index (χ2n) is 4.02. The summed E-state index contributed by atoms with van der Waals surface area (Å²) in [5.41, 5.74) is 2.29. The highest BCUT2D eigenvalue weighted by Crippen LogP contribution is 2.23. The van der Waals surface area contributed by atoms with Crippen LogP contribution in [0, 0.1) is 6.92 Å². The van der Waals surface area contributed by atoms with Gasteiger partial charge in [0.1, 0.15) is 0 Å². The fraction of sp³-hybridized carbons (Fsp3) is 0.133. The molecule has 0 spiro atoms. The molecular weight excluding hydrogens is 212 g/mol. The molecule has 0 heterocycles. The standard InChI is InChI=1S/C15H14O2/c1-11-9-10-12(5-4-8-15(16)17)14-7-3-2-6-13(11)14/h2-7,9-10H,8H2,1H3,(H,16,17). The minimum atomic E-state index is -0.808. The first kappa shape index (κ1) is 11.4. The summed E-state index contributed by atoms with van der Waals surface area (Å²) in [6.45, 7) is 2.08. The van der Waals surface area contributed by atoms with Crippen LogP contribution in [0.5, 0.6) is 0 Å². The smallest absolute Gasteiger partial charge is 0.307 e. The second-order valence-corrected chi connectivity index (χ2v) is 4.02. The quantitative estimate of drug-likeness (QED) is 0.867. The lowest BCUT2D eigenvalue weighted by Crippen LogP contribution is -1.89. The van der Waals surface area contributed by atoms with E-state index in [-0.39, 0.29) is 6.42 Å². The number of carboxylic acids is 1. The third-order valence-corrected chi connectivity index (χ3v) is 2.77. The first-order valence-corrected chi connectivity index (χ1v) is 5.55. The van der Waals surface area contributed by atoms with Gasteiger partial charge in [0.2, 0.25) is 0 Å². The van der Waals surface area contributed by atoms with Gasteiger partial charge in [0.25, 0.3) is 0 Å². The van der Waals surface area contributed by atoms with Crippen molar-refractivity contribution < 1.29 is 9.90 Å². The number of hydrogen-bond acceptors (Lipinski definition) is 1. The molecule has 0 aliphatic heterocycles. The lowest BCUT2D eigenvalue weighted by Gasteiger charge is -2.05. The van der Waals surface area contributed by atoms with Gasteiger partial charge < -0.3 is 5.11 Å². The van der Waals surface area contributed by atoms with Crippen LogP contribution >= 0.6 is 0 Å². The van der Waals surface area contributed by atoms with Gasteiger partial charge in [-0.15, -0.1) is 0 Å². The van der Waals surface area contributed by atoms with Crippen molar-refractivity contribution in [2.75, 3.05) is 0 Å². The Morgan fingerprint density at radius 2 is 1.88 bits per heavy atom. The van der Waals surface area contributed by atoms with E-state index in [0.717, 1.165) is 10.9 Å². The lowest BCUT2D eigenvalue weighted by atomic mass is 10.00. The Balaban J connectivity index is 2.45. The van der Waals surface area contributed by atoms with Crippen LogP contribution < -0.4 is 0 Å². The Kier molecular flexibility index (Phi) is 3.24. The van der Waals surface area contributed by atoms with Gasteiger partial charge in [-0.05, 0) is 28.8 Å². The largest absolute Gasteiger partial charge is 0.481 e. The van der Waals surface area contributed by atoms with Crippen LogP contribution in [0.3, 0.4) is 0 Å². The Bertz CT molecular complexity index is 582. The van der Waals surface area contributed by atoms with Gasteiger partial charge in [-0.25, -0.2) is 0 Å². The Hall–Kier alpha value is -2.09. The number of fused-ring (bicyclic) bond motifs is 1. The zero-order chi connectivity index (χ0) is 12.3. The van der Waals surface area contributed by atoms with Gasteiger partial charge in [-0.1, -0.05) is 48.6 Å². The topological polar surface area (TPSA) is 37.3 Å². The molecular formula is C15H14O2. The molecule has 2 rings (SSSR count). The third kappa shape index (κ3) is 2.53. The maximum absolute atomic E-state index is 10.5. The molecule has 0 aliphatic rings. The summed E-state index contributed by atoms with van der Waals surface area (Å²) >= 11 is 0. The highest BCUT2D eigenvalue weighted by atomic mass is 16.4. The molecule has 0 fully saturated rings. The summed E-state index contributed by atoms with van der Waals surface area (Å²) in [5.74, 6) is -0.808. The number of aryl methyl sites for hydroxylation is 1. The maximum atomic E-state index is 10.5. The van der Waals surface area contributed by atoms with Gasteiger partial charge >= 0.3 is 5.97 Å². The summed E-state index contributed by atoms with van der Waals surface area (Å²) in [6.07, 6.45) is 3.61. The van der Waals surface area contributed by atoms with E-state index in [2.05, 4.69) is 25.1 Å². The SMILES string of the molecule is Cc1ccc(C=CCC(=O)O)c2ccccc12. The number of carbonyl (C=O) groups is 1. The van der Waals surface area contributed by atoms with Crippen molar-refractivity contribution in [3.63, 3.8) is 0 Å². The normalized spacial score (nSPS) is 11.1. The molecule has 1 N–H and O–H groups in total. The summed E-state index contributed by atoms with van der Waals surface area (Å²) in [5, 5.41) is 11.0. The van der Waals surface area contributed by atoms with Crippen LogP contribution in [0.15, 0.2) is 42.5 Å². The van der Waals surface area contributed by atoms with Crippen molar-refractivity contribution in [2.45, 2.75) is 13.3 Å². The van der Waals surface area contributed by atoms with Gasteiger partial charge in [0.15, 0.2) is 0 Å². The second kappa shape index (κ2) is 4.83. The Labute approximate surface area is 100 Å². The number of aliphatic carboxylic acids is 1. The molecule has 2 aromatic rings. The third-order valence-electron chi connectivity index (χ3n) is 2.77. The van der Waals surface area contributed by atoms with Crippen LogP contribution in [0.2, 0.25) is 0 Å². The molecule has 17 heavy (non-hydrogen) atoms. The van der Waals surface area contributed by atoms with Crippen molar-refractivity contribution in [2.24, 2.45) is 0 Å². The molecule has 0 saturated heterocycles. The molecule has 0 atom stereocenters. The van der Waals surface area contributed by atoms with E-state index < -0.39 is 5.97 Å². The van der Waals surface area contributed by atoms with E-state index in [0.29, 0.717) is 0 Å². The van der Waals surface area contributed by atoms with Gasteiger partial charge in [0.05, 0.1) is 6.42 Å². The predicted molar refractivity (Wildman–Crippen MR) is 70.0 cm³/mol. The molecule has 2 heteroatoms. The molecule has 0 radical (unpaired) electrons. The molecule has 0 bridgehead atoms. The average molecular weight is 226 g/mol.